The molecule has 0 spiro atoms. The summed E-state index contributed by atoms with van der Waals surface area (Å²) in [7, 11) is 0. The smallest absolute Gasteiger partial charge is 0.432 e. The molecule has 2 heterocycles. The number of amides is 1. The lowest BCUT2D eigenvalue weighted by Crippen LogP contribution is -2.52. The summed E-state index contributed by atoms with van der Waals surface area (Å²) in [6.45, 7) is 4.42. The number of hydrogen-bond acceptors (Lipinski definition) is 6. The van der Waals surface area contributed by atoms with Crippen LogP contribution in [-0.2, 0) is 0 Å². The first-order chi connectivity index (χ1) is 16.9. The quantitative estimate of drug-likeness (QED) is 0.365. The molecule has 2 N–H and O–H groups in total. The van der Waals surface area contributed by atoms with Gasteiger partial charge in [-0.15, -0.1) is 0 Å². The summed E-state index contributed by atoms with van der Waals surface area (Å²) in [6.07, 6.45) is -0.517. The molecule has 0 saturated carbocycles. The second-order valence-electron chi connectivity index (χ2n) is 8.03. The number of alkyl halides is 3. The fraction of sp³-hybridized carbons (Fsp3) is 0.348. The van der Waals surface area contributed by atoms with Gasteiger partial charge >= 0.3 is 6.18 Å². The highest BCUT2D eigenvalue weighted by Crippen LogP contribution is 2.27. The van der Waals surface area contributed by atoms with Gasteiger partial charge in [-0.3, -0.25) is 9.78 Å². The second kappa shape index (κ2) is 11.2. The molecular formula is C23H24F4N6O3. The largest absolute Gasteiger partial charge is 0.443 e. The van der Waals surface area contributed by atoms with Gasteiger partial charge in [0.1, 0.15) is 23.0 Å². The molecular weight excluding hydrogens is 484 g/mol. The lowest BCUT2D eigenvalue weighted by atomic mass is 9.91. The highest BCUT2D eigenvalue weighted by molar-refractivity contribution is 5.94. The van der Waals surface area contributed by atoms with E-state index in [0.717, 1.165) is 6.07 Å². The number of nitrogens with one attached hydrogen (secondary N) is 1. The van der Waals surface area contributed by atoms with Crippen LogP contribution in [0.5, 0.6) is 5.75 Å². The number of aromatic nitrogens is 2. The van der Waals surface area contributed by atoms with E-state index in [1.807, 2.05) is 0 Å². The Kier molecular flexibility index (Phi) is 8.35. The molecule has 1 aromatic carbocycles. The zero-order chi connectivity index (χ0) is 26.3. The molecule has 0 bridgehead atoms. The van der Waals surface area contributed by atoms with E-state index in [9.17, 15) is 27.5 Å². The standard InChI is InChI=1S/C23H24F4N6O3/c1-15(23(25,26)27)31-21(32-16(2)36-18-5-3-4-17(24)12-18)33-10-6-22(35,7-11-33)14-30-20(34)19-13-28-8-9-29-19/h3-5,8-9,12-13,35H,1,6-7,10-11,14H2,2H3,(H,30,34). The third-order valence-corrected chi connectivity index (χ3v) is 5.23. The maximum atomic E-state index is 13.4. The van der Waals surface area contributed by atoms with E-state index in [0.29, 0.717) is 0 Å². The summed E-state index contributed by atoms with van der Waals surface area (Å²) in [5, 5.41) is 13.5. The number of likely N-dealkylation sites (tertiary alicyclic amines) is 1. The predicted molar refractivity (Wildman–Crippen MR) is 123 cm³/mol. The summed E-state index contributed by atoms with van der Waals surface area (Å²) in [5.74, 6) is -1.36. The van der Waals surface area contributed by atoms with Gasteiger partial charge in [0.25, 0.3) is 5.91 Å². The first kappa shape index (κ1) is 26.7. The lowest BCUT2D eigenvalue weighted by Gasteiger charge is -2.38. The van der Waals surface area contributed by atoms with Crippen molar-refractivity contribution in [2.45, 2.75) is 31.5 Å². The number of guanidine groups is 1. The van der Waals surface area contributed by atoms with Crippen molar-refractivity contribution in [3.63, 3.8) is 0 Å². The Bertz CT molecular complexity index is 1150. The number of nitrogens with zero attached hydrogens (tertiary/aromatic N) is 5. The third-order valence-electron chi connectivity index (χ3n) is 5.23. The summed E-state index contributed by atoms with van der Waals surface area (Å²) in [5.41, 5.74) is -2.59. The van der Waals surface area contributed by atoms with Crippen LogP contribution in [0.3, 0.4) is 0 Å². The summed E-state index contributed by atoms with van der Waals surface area (Å²) in [6, 6.07) is 5.18. The normalized spacial score (nSPS) is 16.4. The molecule has 36 heavy (non-hydrogen) atoms. The Balaban J connectivity index is 1.70. The number of allylic oxidation sites excluding steroid dienone is 1. The number of rotatable bonds is 5. The molecule has 3 rings (SSSR count). The van der Waals surface area contributed by atoms with Crippen LogP contribution in [0.1, 0.15) is 30.3 Å². The fourth-order valence-electron chi connectivity index (χ4n) is 3.27. The van der Waals surface area contributed by atoms with E-state index in [-0.39, 0.29) is 55.8 Å². The molecule has 2 aromatic rings. The number of aliphatic imine (C=N–C) groups is 2. The van der Waals surface area contributed by atoms with Crippen LogP contribution in [0, 0.1) is 5.82 Å². The minimum atomic E-state index is -4.78. The van der Waals surface area contributed by atoms with Crippen molar-refractivity contribution < 1.29 is 32.2 Å². The number of carbonyl (C=O) groups excluding carboxylic acids is 1. The molecule has 9 nitrogen and oxygen atoms in total. The molecule has 0 radical (unpaired) electrons. The highest BCUT2D eigenvalue weighted by atomic mass is 19.4. The van der Waals surface area contributed by atoms with Crippen LogP contribution in [-0.4, -0.2) is 69.2 Å². The van der Waals surface area contributed by atoms with Crippen LogP contribution in [0.2, 0.25) is 0 Å². The summed E-state index contributed by atoms with van der Waals surface area (Å²) >= 11 is 0. The van der Waals surface area contributed by atoms with Gasteiger partial charge in [-0.2, -0.15) is 18.2 Å². The number of carbonyl (C=O) groups is 1. The zero-order valence-corrected chi connectivity index (χ0v) is 19.3. The molecule has 1 saturated heterocycles. The van der Waals surface area contributed by atoms with Gasteiger partial charge in [-0.1, -0.05) is 12.6 Å². The molecule has 0 unspecified atom stereocenters. The molecule has 1 aliphatic rings. The second-order valence-corrected chi connectivity index (χ2v) is 8.03. The minimum Gasteiger partial charge on any atom is -0.443 e. The molecule has 1 aliphatic heterocycles. The van der Waals surface area contributed by atoms with Gasteiger partial charge in [-0.05, 0) is 25.0 Å². The number of piperidine rings is 1. The minimum absolute atomic E-state index is 0.0774. The number of hydrogen-bond donors (Lipinski definition) is 2. The van der Waals surface area contributed by atoms with Gasteiger partial charge < -0.3 is 20.1 Å². The average molecular weight is 508 g/mol. The molecule has 192 valence electrons. The van der Waals surface area contributed by atoms with Crippen LogP contribution >= 0.6 is 0 Å². The van der Waals surface area contributed by atoms with Gasteiger partial charge in [0, 0.05) is 45.0 Å². The maximum absolute atomic E-state index is 13.4. The fourth-order valence-corrected chi connectivity index (χ4v) is 3.27. The van der Waals surface area contributed by atoms with Crippen molar-refractivity contribution >= 4 is 17.8 Å². The van der Waals surface area contributed by atoms with E-state index in [1.165, 1.54) is 48.6 Å². The van der Waals surface area contributed by atoms with Gasteiger partial charge in [0.05, 0.1) is 11.8 Å². The third kappa shape index (κ3) is 7.57. The average Bonchev–Trinajstić information content (AvgIpc) is 2.82. The number of benzene rings is 1. The summed E-state index contributed by atoms with van der Waals surface area (Å²) in [4.78, 5) is 28.9. The predicted octanol–water partition coefficient (Wildman–Crippen LogP) is 3.10. The lowest BCUT2D eigenvalue weighted by molar-refractivity contribution is -0.0921. The molecule has 13 heteroatoms. The Morgan fingerprint density at radius 2 is 2.00 bits per heavy atom. The Morgan fingerprint density at radius 1 is 1.28 bits per heavy atom. The molecule has 1 aromatic heterocycles. The van der Waals surface area contributed by atoms with E-state index < -0.39 is 29.2 Å². The molecule has 0 atom stereocenters. The molecule has 1 amide bonds. The Morgan fingerprint density at radius 3 is 2.61 bits per heavy atom. The Labute approximate surface area is 204 Å². The topological polar surface area (TPSA) is 112 Å². The number of ether oxygens (including phenoxy) is 1. The first-order valence-electron chi connectivity index (χ1n) is 10.8. The van der Waals surface area contributed by atoms with Gasteiger partial charge in [0.2, 0.25) is 5.96 Å². The SMILES string of the molecule is C=C(N=C(N=C(C)Oc1cccc(F)c1)N1CCC(O)(CNC(=O)c2cnccn2)CC1)C(F)(F)F. The molecule has 1 fully saturated rings. The van der Waals surface area contributed by atoms with E-state index >= 15 is 0 Å². The van der Waals surface area contributed by atoms with E-state index in [4.69, 9.17) is 4.74 Å². The zero-order valence-electron chi connectivity index (χ0n) is 19.3. The highest BCUT2D eigenvalue weighted by Gasteiger charge is 2.36. The van der Waals surface area contributed by atoms with E-state index in [1.54, 1.807) is 0 Å². The first-order valence-corrected chi connectivity index (χ1v) is 10.8. The molecule has 0 aliphatic carbocycles. The number of aliphatic hydroxyl groups is 1. The van der Waals surface area contributed by atoms with Crippen molar-refractivity contribution in [1.29, 1.82) is 0 Å². The van der Waals surface area contributed by atoms with Crippen LogP contribution in [0.4, 0.5) is 17.6 Å². The van der Waals surface area contributed by atoms with Crippen molar-refractivity contribution in [3.05, 3.63) is 66.6 Å². The van der Waals surface area contributed by atoms with Gasteiger partial charge in [0.15, 0.2) is 5.90 Å². The van der Waals surface area contributed by atoms with Crippen molar-refractivity contribution in [1.82, 2.24) is 20.2 Å². The maximum Gasteiger partial charge on any atom is 0.432 e. The van der Waals surface area contributed by atoms with E-state index in [2.05, 4.69) is 31.8 Å². The number of halogens is 4. The monoisotopic (exact) mass is 508 g/mol. The van der Waals surface area contributed by atoms with Crippen molar-refractivity contribution in [3.8, 4) is 5.75 Å². The van der Waals surface area contributed by atoms with Crippen LogP contribution in [0.25, 0.3) is 0 Å². The van der Waals surface area contributed by atoms with Gasteiger partial charge in [-0.25, -0.2) is 14.4 Å². The summed E-state index contributed by atoms with van der Waals surface area (Å²) < 4.78 is 58.2. The van der Waals surface area contributed by atoms with Crippen LogP contribution < -0.4 is 10.1 Å². The van der Waals surface area contributed by atoms with Crippen molar-refractivity contribution in [2.75, 3.05) is 19.6 Å². The van der Waals surface area contributed by atoms with Crippen molar-refractivity contribution in [2.24, 2.45) is 9.98 Å². The Hall–Kier alpha value is -3.87. The van der Waals surface area contributed by atoms with Crippen LogP contribution in [0.15, 0.2) is 65.1 Å².